The molecule has 31 heavy (non-hydrogen) atoms. The van der Waals surface area contributed by atoms with Crippen LogP contribution in [0, 0.1) is 0 Å². The lowest BCUT2D eigenvalue weighted by atomic mass is 9.99. The molecule has 1 aromatic carbocycles. The standard InChI is InChI=1S/C22H26F3N3O3/c1-22(2)28(21(29)20(24)25)18(10-23)19(31-22)14-6-4-13(5-7-14)15-8-9-17(27-11-15)16(26)12-30-3/h4-9,11,16,18-20H,10,12,26H2,1-3H3. The number of benzene rings is 1. The number of hydrogen-bond acceptors (Lipinski definition) is 5. The number of nitrogens with zero attached hydrogens (tertiary/aromatic N) is 2. The molecule has 3 atom stereocenters. The summed E-state index contributed by atoms with van der Waals surface area (Å²) in [6, 6.07) is 9.35. The highest BCUT2D eigenvalue weighted by Gasteiger charge is 2.52. The van der Waals surface area contributed by atoms with Gasteiger partial charge in [0.25, 0.3) is 5.91 Å². The van der Waals surface area contributed by atoms with Crippen molar-refractivity contribution in [3.8, 4) is 11.1 Å². The van der Waals surface area contributed by atoms with Gasteiger partial charge in [-0.2, -0.15) is 8.78 Å². The highest BCUT2D eigenvalue weighted by Crippen LogP contribution is 2.42. The Labute approximate surface area is 179 Å². The molecular weight excluding hydrogens is 411 g/mol. The molecule has 0 bridgehead atoms. The number of ether oxygens (including phenoxy) is 2. The van der Waals surface area contributed by atoms with Crippen molar-refractivity contribution in [1.82, 2.24) is 9.88 Å². The predicted octanol–water partition coefficient (Wildman–Crippen LogP) is 3.63. The van der Waals surface area contributed by atoms with E-state index in [1.54, 1.807) is 25.4 Å². The van der Waals surface area contributed by atoms with Crippen LogP contribution in [0.2, 0.25) is 0 Å². The second-order valence-electron chi connectivity index (χ2n) is 7.87. The lowest BCUT2D eigenvalue weighted by Gasteiger charge is -2.32. The van der Waals surface area contributed by atoms with Crippen molar-refractivity contribution in [1.29, 1.82) is 0 Å². The Balaban J connectivity index is 1.81. The molecule has 1 amide bonds. The summed E-state index contributed by atoms with van der Waals surface area (Å²) in [5.41, 5.74) is 7.63. The van der Waals surface area contributed by atoms with Crippen LogP contribution in [-0.2, 0) is 14.3 Å². The first-order chi connectivity index (χ1) is 14.7. The first kappa shape index (κ1) is 23.2. The van der Waals surface area contributed by atoms with Gasteiger partial charge in [0.15, 0.2) is 0 Å². The van der Waals surface area contributed by atoms with Crippen molar-refractivity contribution in [3.05, 3.63) is 53.9 Å². The zero-order valence-corrected chi connectivity index (χ0v) is 17.6. The Kier molecular flexibility index (Phi) is 6.98. The van der Waals surface area contributed by atoms with Crippen molar-refractivity contribution in [3.63, 3.8) is 0 Å². The number of carbonyl (C=O) groups excluding carboxylic acids is 1. The Morgan fingerprint density at radius 1 is 1.23 bits per heavy atom. The normalized spacial score (nSPS) is 21.5. The fourth-order valence-electron chi connectivity index (χ4n) is 3.88. The van der Waals surface area contributed by atoms with Crippen LogP contribution in [0.15, 0.2) is 42.6 Å². The Morgan fingerprint density at radius 3 is 2.39 bits per heavy atom. The molecule has 1 fully saturated rings. The SMILES string of the molecule is COCC(N)c1ccc(-c2ccc(C3OC(C)(C)N(C(=O)C(F)F)C3CF)cc2)cn1. The third-order valence-electron chi connectivity index (χ3n) is 5.34. The number of hydrogen-bond donors (Lipinski definition) is 1. The van der Waals surface area contributed by atoms with Crippen molar-refractivity contribution in [2.75, 3.05) is 20.4 Å². The number of nitrogens with two attached hydrogens (primary N) is 1. The lowest BCUT2D eigenvalue weighted by molar-refractivity contribution is -0.159. The lowest BCUT2D eigenvalue weighted by Crippen LogP contribution is -2.51. The summed E-state index contributed by atoms with van der Waals surface area (Å²) in [7, 11) is 1.57. The summed E-state index contributed by atoms with van der Waals surface area (Å²) in [5.74, 6) is -1.44. The number of alkyl halides is 3. The zero-order valence-electron chi connectivity index (χ0n) is 17.6. The van der Waals surface area contributed by atoms with E-state index in [-0.39, 0.29) is 6.04 Å². The smallest absolute Gasteiger partial charge is 0.315 e. The van der Waals surface area contributed by atoms with Crippen LogP contribution in [0.5, 0.6) is 0 Å². The van der Waals surface area contributed by atoms with Gasteiger partial charge in [0.2, 0.25) is 0 Å². The van der Waals surface area contributed by atoms with E-state index in [1.807, 2.05) is 24.3 Å². The van der Waals surface area contributed by atoms with Crippen molar-refractivity contribution >= 4 is 5.91 Å². The second kappa shape index (κ2) is 9.33. The molecule has 2 aromatic rings. The van der Waals surface area contributed by atoms with Gasteiger partial charge in [-0.25, -0.2) is 4.39 Å². The Hall–Kier alpha value is -2.49. The van der Waals surface area contributed by atoms with Gasteiger partial charge in [0.05, 0.1) is 24.4 Å². The molecule has 3 unspecified atom stereocenters. The van der Waals surface area contributed by atoms with E-state index in [0.717, 1.165) is 16.0 Å². The fourth-order valence-corrected chi connectivity index (χ4v) is 3.88. The Bertz CT molecular complexity index is 891. The summed E-state index contributed by atoms with van der Waals surface area (Å²) in [6.45, 7) is 2.32. The van der Waals surface area contributed by atoms with Gasteiger partial charge in [0.1, 0.15) is 18.5 Å². The molecule has 3 rings (SSSR count). The average Bonchev–Trinajstić information content (AvgIpc) is 3.03. The summed E-state index contributed by atoms with van der Waals surface area (Å²) in [5, 5.41) is 0. The Morgan fingerprint density at radius 2 is 1.87 bits per heavy atom. The summed E-state index contributed by atoms with van der Waals surface area (Å²) in [4.78, 5) is 17.1. The van der Waals surface area contributed by atoms with E-state index in [9.17, 15) is 18.0 Å². The maximum Gasteiger partial charge on any atom is 0.315 e. The van der Waals surface area contributed by atoms with Crippen LogP contribution in [0.3, 0.4) is 0 Å². The molecule has 0 saturated carbocycles. The molecule has 0 aliphatic carbocycles. The number of carbonyl (C=O) groups is 1. The maximum absolute atomic E-state index is 13.8. The zero-order chi connectivity index (χ0) is 22.8. The van der Waals surface area contributed by atoms with E-state index in [4.69, 9.17) is 15.2 Å². The van der Waals surface area contributed by atoms with E-state index >= 15 is 0 Å². The van der Waals surface area contributed by atoms with Gasteiger partial charge in [-0.15, -0.1) is 0 Å². The summed E-state index contributed by atoms with van der Waals surface area (Å²) >= 11 is 0. The van der Waals surface area contributed by atoms with Crippen LogP contribution in [0.1, 0.15) is 37.3 Å². The maximum atomic E-state index is 13.8. The molecule has 2 N–H and O–H groups in total. The van der Waals surface area contributed by atoms with Gasteiger partial charge in [-0.1, -0.05) is 30.3 Å². The van der Waals surface area contributed by atoms with Crippen LogP contribution in [-0.4, -0.2) is 54.4 Å². The third-order valence-corrected chi connectivity index (χ3v) is 5.34. The van der Waals surface area contributed by atoms with Crippen molar-refractivity contribution < 1.29 is 27.4 Å². The number of rotatable bonds is 7. The second-order valence-corrected chi connectivity index (χ2v) is 7.87. The van der Waals surface area contributed by atoms with E-state index in [2.05, 4.69) is 4.98 Å². The molecule has 168 valence electrons. The quantitative estimate of drug-likeness (QED) is 0.716. The first-order valence-electron chi connectivity index (χ1n) is 9.85. The van der Waals surface area contributed by atoms with Gasteiger partial charge in [0, 0.05) is 18.9 Å². The molecule has 1 aliphatic rings. The molecule has 1 saturated heterocycles. The third kappa shape index (κ3) is 4.73. The number of halogens is 3. The van der Waals surface area contributed by atoms with E-state index in [0.29, 0.717) is 17.9 Å². The number of methoxy groups -OCH3 is 1. The van der Waals surface area contributed by atoms with Crippen LogP contribution in [0.4, 0.5) is 13.2 Å². The fraction of sp³-hybridized carbons (Fsp3) is 0.455. The van der Waals surface area contributed by atoms with Gasteiger partial charge in [-0.05, 0) is 31.0 Å². The minimum atomic E-state index is -3.23. The van der Waals surface area contributed by atoms with Crippen molar-refractivity contribution in [2.24, 2.45) is 5.73 Å². The summed E-state index contributed by atoms with van der Waals surface area (Å²) in [6.07, 6.45) is -2.39. The van der Waals surface area contributed by atoms with Crippen LogP contribution >= 0.6 is 0 Å². The van der Waals surface area contributed by atoms with Gasteiger partial charge in [-0.3, -0.25) is 9.78 Å². The van der Waals surface area contributed by atoms with E-state index in [1.165, 1.54) is 13.8 Å². The minimum absolute atomic E-state index is 0.319. The highest BCUT2D eigenvalue weighted by atomic mass is 19.3. The molecule has 2 heterocycles. The number of pyridine rings is 1. The van der Waals surface area contributed by atoms with Crippen LogP contribution in [0.25, 0.3) is 11.1 Å². The predicted molar refractivity (Wildman–Crippen MR) is 109 cm³/mol. The summed E-state index contributed by atoms with van der Waals surface area (Å²) < 4.78 is 50.7. The largest absolute Gasteiger partial charge is 0.383 e. The molecule has 6 nitrogen and oxygen atoms in total. The molecule has 0 radical (unpaired) electrons. The van der Waals surface area contributed by atoms with E-state index < -0.39 is 36.9 Å². The molecule has 9 heteroatoms. The number of amides is 1. The first-order valence-corrected chi connectivity index (χ1v) is 9.85. The highest BCUT2D eigenvalue weighted by molar-refractivity contribution is 5.80. The average molecular weight is 437 g/mol. The molecule has 1 aromatic heterocycles. The monoisotopic (exact) mass is 437 g/mol. The minimum Gasteiger partial charge on any atom is -0.383 e. The van der Waals surface area contributed by atoms with Gasteiger partial charge < -0.3 is 20.1 Å². The van der Waals surface area contributed by atoms with Gasteiger partial charge >= 0.3 is 6.43 Å². The number of aromatic nitrogens is 1. The van der Waals surface area contributed by atoms with Crippen molar-refractivity contribution in [2.45, 2.75) is 44.2 Å². The molecular formula is C22H26F3N3O3. The topological polar surface area (TPSA) is 77.7 Å². The molecule has 0 spiro atoms. The molecule has 1 aliphatic heterocycles. The van der Waals surface area contributed by atoms with Crippen LogP contribution < -0.4 is 5.73 Å².